The monoisotopic (exact) mass is 522 g/mol. The molecule has 0 heterocycles. The second kappa shape index (κ2) is 14.2. The predicted molar refractivity (Wildman–Crippen MR) is 141 cm³/mol. The van der Waals surface area contributed by atoms with Crippen molar-refractivity contribution in [1.82, 2.24) is 10.2 Å². The Morgan fingerprint density at radius 1 is 0.971 bits per heavy atom. The lowest BCUT2D eigenvalue weighted by Gasteiger charge is -2.30. The maximum absolute atomic E-state index is 13.4. The lowest BCUT2D eigenvalue weighted by molar-refractivity contribution is -0.140. The van der Waals surface area contributed by atoms with Crippen LogP contribution in [0.2, 0.25) is 10.0 Å². The van der Waals surface area contributed by atoms with E-state index in [1.807, 2.05) is 45.9 Å². The maximum Gasteiger partial charge on any atom is 0.242 e. The van der Waals surface area contributed by atoms with E-state index >= 15 is 0 Å². The van der Waals surface area contributed by atoms with E-state index in [0.29, 0.717) is 46.7 Å². The van der Waals surface area contributed by atoms with Crippen LogP contribution in [0.5, 0.6) is 11.5 Å². The van der Waals surface area contributed by atoms with Crippen LogP contribution < -0.4 is 14.8 Å². The predicted octanol–water partition coefficient (Wildman–Crippen LogP) is 6.06. The molecule has 0 fully saturated rings. The van der Waals surface area contributed by atoms with Crippen molar-refractivity contribution in [1.29, 1.82) is 0 Å². The van der Waals surface area contributed by atoms with Gasteiger partial charge in [-0.1, -0.05) is 42.3 Å². The van der Waals surface area contributed by atoms with Gasteiger partial charge < -0.3 is 19.7 Å². The molecule has 0 saturated carbocycles. The standard InChI is InChI=1S/C27H36Cl2N2O4/c1-6-18(4)30-27(33)19(5)31(17-21-22(28)10-9-11-23(21)29)26(32)15-13-20-12-14-24(34-7-2)25(16-20)35-8-3/h9-12,14,16,18-19H,6-8,13,15,17H2,1-5H3,(H,30,33)/t18-,19-/m0/s1. The van der Waals surface area contributed by atoms with Crippen molar-refractivity contribution >= 4 is 35.0 Å². The van der Waals surface area contributed by atoms with Crippen LogP contribution in [-0.4, -0.2) is 42.0 Å². The summed E-state index contributed by atoms with van der Waals surface area (Å²) in [5, 5.41) is 3.88. The number of amides is 2. The van der Waals surface area contributed by atoms with Gasteiger partial charge in [-0.25, -0.2) is 0 Å². The summed E-state index contributed by atoms with van der Waals surface area (Å²) in [6.45, 7) is 10.7. The second-order valence-electron chi connectivity index (χ2n) is 8.36. The highest BCUT2D eigenvalue weighted by atomic mass is 35.5. The van der Waals surface area contributed by atoms with E-state index in [1.165, 1.54) is 0 Å². The van der Waals surface area contributed by atoms with E-state index in [1.54, 1.807) is 30.0 Å². The van der Waals surface area contributed by atoms with E-state index < -0.39 is 6.04 Å². The fourth-order valence-electron chi connectivity index (χ4n) is 3.55. The molecule has 0 spiro atoms. The first-order valence-corrected chi connectivity index (χ1v) is 12.9. The number of aryl methyl sites for hydroxylation is 1. The molecule has 35 heavy (non-hydrogen) atoms. The molecule has 1 N–H and O–H groups in total. The van der Waals surface area contributed by atoms with Crippen molar-refractivity contribution in [2.24, 2.45) is 0 Å². The third kappa shape index (κ3) is 8.32. The normalized spacial score (nSPS) is 12.5. The van der Waals surface area contributed by atoms with Crippen LogP contribution in [0.1, 0.15) is 58.6 Å². The van der Waals surface area contributed by atoms with Gasteiger partial charge in [0.25, 0.3) is 0 Å². The summed E-state index contributed by atoms with van der Waals surface area (Å²) in [6, 6.07) is 10.2. The molecule has 0 aliphatic carbocycles. The van der Waals surface area contributed by atoms with Crippen LogP contribution >= 0.6 is 23.2 Å². The molecule has 0 radical (unpaired) electrons. The summed E-state index contributed by atoms with van der Waals surface area (Å²) in [5.41, 5.74) is 1.56. The summed E-state index contributed by atoms with van der Waals surface area (Å²) in [4.78, 5) is 27.9. The van der Waals surface area contributed by atoms with E-state index in [9.17, 15) is 9.59 Å². The minimum absolute atomic E-state index is 0.00615. The summed E-state index contributed by atoms with van der Waals surface area (Å²) >= 11 is 12.8. The Bertz CT molecular complexity index is 979. The molecule has 0 aromatic heterocycles. The van der Waals surface area contributed by atoms with Gasteiger partial charge in [-0.2, -0.15) is 0 Å². The van der Waals surface area contributed by atoms with Gasteiger partial charge in [0, 0.05) is 34.6 Å². The zero-order valence-corrected chi connectivity index (χ0v) is 22.7. The number of nitrogens with zero attached hydrogens (tertiary/aromatic N) is 1. The van der Waals surface area contributed by atoms with Crippen LogP contribution in [-0.2, 0) is 22.6 Å². The van der Waals surface area contributed by atoms with Gasteiger partial charge in [-0.15, -0.1) is 0 Å². The Balaban J connectivity index is 2.24. The minimum atomic E-state index is -0.692. The van der Waals surface area contributed by atoms with E-state index in [4.69, 9.17) is 32.7 Å². The fraction of sp³-hybridized carbons (Fsp3) is 0.481. The van der Waals surface area contributed by atoms with Crippen LogP contribution in [0, 0.1) is 0 Å². The highest BCUT2D eigenvalue weighted by Gasteiger charge is 2.28. The Morgan fingerprint density at radius 3 is 2.20 bits per heavy atom. The number of halogens is 2. The van der Waals surface area contributed by atoms with Gasteiger partial charge in [0.1, 0.15) is 6.04 Å². The van der Waals surface area contributed by atoms with Crippen molar-refractivity contribution in [3.8, 4) is 11.5 Å². The fourth-order valence-corrected chi connectivity index (χ4v) is 4.06. The highest BCUT2D eigenvalue weighted by Crippen LogP contribution is 2.30. The number of rotatable bonds is 13. The van der Waals surface area contributed by atoms with Crippen LogP contribution in [0.3, 0.4) is 0 Å². The van der Waals surface area contributed by atoms with Gasteiger partial charge >= 0.3 is 0 Å². The number of nitrogens with one attached hydrogen (secondary N) is 1. The molecule has 0 saturated heterocycles. The minimum Gasteiger partial charge on any atom is -0.490 e. The zero-order chi connectivity index (χ0) is 26.0. The van der Waals surface area contributed by atoms with Crippen LogP contribution in [0.15, 0.2) is 36.4 Å². The van der Waals surface area contributed by atoms with Crippen molar-refractivity contribution in [3.05, 3.63) is 57.6 Å². The number of ether oxygens (including phenoxy) is 2. The summed E-state index contributed by atoms with van der Waals surface area (Å²) < 4.78 is 11.3. The van der Waals surface area contributed by atoms with Crippen LogP contribution in [0.25, 0.3) is 0 Å². The smallest absolute Gasteiger partial charge is 0.242 e. The van der Waals surface area contributed by atoms with Gasteiger partial charge in [-0.05, 0) is 70.4 Å². The molecule has 6 nitrogen and oxygen atoms in total. The molecule has 2 atom stereocenters. The van der Waals surface area contributed by atoms with Crippen molar-refractivity contribution in [2.45, 2.75) is 72.5 Å². The first-order valence-electron chi connectivity index (χ1n) is 12.1. The van der Waals surface area contributed by atoms with Crippen LogP contribution in [0.4, 0.5) is 0 Å². The summed E-state index contributed by atoms with van der Waals surface area (Å²) in [7, 11) is 0. The molecule has 0 aliphatic heterocycles. The van der Waals surface area contributed by atoms with E-state index in [0.717, 1.165) is 12.0 Å². The lowest BCUT2D eigenvalue weighted by Crippen LogP contribution is -2.49. The Morgan fingerprint density at radius 2 is 1.60 bits per heavy atom. The number of carbonyl (C=O) groups excluding carboxylic acids is 2. The average molecular weight is 524 g/mol. The number of benzene rings is 2. The first kappa shape index (κ1) is 28.8. The molecule has 2 aromatic rings. The molecular weight excluding hydrogens is 487 g/mol. The topological polar surface area (TPSA) is 67.9 Å². The molecular formula is C27H36Cl2N2O4. The molecule has 8 heteroatoms. The third-order valence-electron chi connectivity index (χ3n) is 5.79. The largest absolute Gasteiger partial charge is 0.490 e. The number of hydrogen-bond donors (Lipinski definition) is 1. The SMILES string of the molecule is CCOc1ccc(CCC(=O)N(Cc2c(Cl)cccc2Cl)[C@@H](C)C(=O)N[C@@H](C)CC)cc1OCC. The molecule has 0 unspecified atom stereocenters. The zero-order valence-electron chi connectivity index (χ0n) is 21.2. The van der Waals surface area contributed by atoms with Crippen molar-refractivity contribution < 1.29 is 19.1 Å². The average Bonchev–Trinajstić information content (AvgIpc) is 2.83. The lowest BCUT2D eigenvalue weighted by atomic mass is 10.1. The number of carbonyl (C=O) groups is 2. The Hall–Kier alpha value is -2.44. The second-order valence-corrected chi connectivity index (χ2v) is 9.18. The van der Waals surface area contributed by atoms with Gasteiger partial charge in [-0.3, -0.25) is 9.59 Å². The van der Waals surface area contributed by atoms with Gasteiger partial charge in [0.2, 0.25) is 11.8 Å². The first-order chi connectivity index (χ1) is 16.7. The summed E-state index contributed by atoms with van der Waals surface area (Å²) in [6.07, 6.45) is 1.49. The summed E-state index contributed by atoms with van der Waals surface area (Å²) in [5.74, 6) is 0.949. The maximum atomic E-state index is 13.4. The van der Waals surface area contributed by atoms with E-state index in [-0.39, 0.29) is 30.8 Å². The number of hydrogen-bond acceptors (Lipinski definition) is 4. The molecule has 2 aromatic carbocycles. The molecule has 2 amide bonds. The van der Waals surface area contributed by atoms with Crippen molar-refractivity contribution in [3.63, 3.8) is 0 Å². The molecule has 0 bridgehead atoms. The van der Waals surface area contributed by atoms with Gasteiger partial charge in [0.15, 0.2) is 11.5 Å². The Labute approximate surface area is 218 Å². The third-order valence-corrected chi connectivity index (χ3v) is 6.50. The van der Waals surface area contributed by atoms with E-state index in [2.05, 4.69) is 5.32 Å². The van der Waals surface area contributed by atoms with Gasteiger partial charge in [0.05, 0.1) is 13.2 Å². The molecule has 192 valence electrons. The molecule has 2 rings (SSSR count). The molecule has 0 aliphatic rings. The Kier molecular flexibility index (Phi) is 11.7. The highest BCUT2D eigenvalue weighted by molar-refractivity contribution is 6.36. The van der Waals surface area contributed by atoms with Crippen molar-refractivity contribution in [2.75, 3.05) is 13.2 Å². The quantitative estimate of drug-likeness (QED) is 0.347.